The number of nitrogens with one attached hydrogen (secondary N) is 2. The van der Waals surface area contributed by atoms with E-state index in [1.165, 1.54) is 18.0 Å². The molecule has 184 valence electrons. The standard InChI is InChI=1S/C26H24ClN5O4/c1-36-31-26(35)23(33)21(15-17-9-4-2-5-10-17)29-25(34)19-13-8-14-28-24(19)32-16-20(27)22(30-32)18-11-6-3-7-12-18/h2-14,16,21,23,33H,15H2,1H3,(H,29,34)(H,31,35). The molecule has 2 unspecified atom stereocenters. The molecular weight excluding hydrogens is 482 g/mol. The second-order valence-electron chi connectivity index (χ2n) is 7.90. The van der Waals surface area contributed by atoms with Gasteiger partial charge in [0, 0.05) is 11.8 Å². The number of carbonyl (C=O) groups is 2. The quantitative estimate of drug-likeness (QED) is 0.301. The summed E-state index contributed by atoms with van der Waals surface area (Å²) in [5, 5.41) is 18.4. The number of hydroxylamine groups is 1. The van der Waals surface area contributed by atoms with Gasteiger partial charge in [0.15, 0.2) is 11.9 Å². The van der Waals surface area contributed by atoms with Gasteiger partial charge in [0.2, 0.25) is 0 Å². The van der Waals surface area contributed by atoms with Crippen LogP contribution in [0.5, 0.6) is 0 Å². The molecule has 0 saturated carbocycles. The number of hydrogen-bond donors (Lipinski definition) is 3. The number of nitrogens with zero attached hydrogens (tertiary/aromatic N) is 3. The Morgan fingerprint density at radius 1 is 1.06 bits per heavy atom. The van der Waals surface area contributed by atoms with Crippen LogP contribution in [-0.4, -0.2) is 50.9 Å². The lowest BCUT2D eigenvalue weighted by molar-refractivity contribution is -0.141. The molecule has 0 aliphatic heterocycles. The largest absolute Gasteiger partial charge is 0.381 e. The maximum Gasteiger partial charge on any atom is 0.274 e. The van der Waals surface area contributed by atoms with Crippen LogP contribution >= 0.6 is 11.6 Å². The van der Waals surface area contributed by atoms with Gasteiger partial charge in [-0.2, -0.15) is 5.10 Å². The van der Waals surface area contributed by atoms with E-state index in [1.807, 2.05) is 60.7 Å². The molecule has 0 fully saturated rings. The van der Waals surface area contributed by atoms with Crippen LogP contribution in [0.25, 0.3) is 17.1 Å². The van der Waals surface area contributed by atoms with Crippen LogP contribution in [-0.2, 0) is 16.1 Å². The first-order valence-corrected chi connectivity index (χ1v) is 11.5. The molecule has 9 nitrogen and oxygen atoms in total. The van der Waals surface area contributed by atoms with Crippen LogP contribution in [0, 0.1) is 0 Å². The summed E-state index contributed by atoms with van der Waals surface area (Å²) in [6.45, 7) is 0. The molecule has 2 aromatic carbocycles. The minimum atomic E-state index is -1.57. The Balaban J connectivity index is 1.63. The van der Waals surface area contributed by atoms with Gasteiger partial charge in [0.1, 0.15) is 5.69 Å². The molecule has 0 radical (unpaired) electrons. The number of pyridine rings is 1. The van der Waals surface area contributed by atoms with E-state index in [-0.39, 0.29) is 17.8 Å². The van der Waals surface area contributed by atoms with Crippen molar-refractivity contribution in [2.45, 2.75) is 18.6 Å². The van der Waals surface area contributed by atoms with E-state index in [9.17, 15) is 14.7 Å². The first kappa shape index (κ1) is 25.1. The van der Waals surface area contributed by atoms with E-state index < -0.39 is 24.0 Å². The van der Waals surface area contributed by atoms with Gasteiger partial charge in [-0.3, -0.25) is 14.4 Å². The summed E-state index contributed by atoms with van der Waals surface area (Å²) < 4.78 is 1.43. The summed E-state index contributed by atoms with van der Waals surface area (Å²) in [5.74, 6) is -1.08. The fourth-order valence-electron chi connectivity index (χ4n) is 3.71. The van der Waals surface area contributed by atoms with E-state index in [0.717, 1.165) is 11.1 Å². The molecular formula is C26H24ClN5O4. The van der Waals surface area contributed by atoms with Crippen LogP contribution in [0.15, 0.2) is 85.2 Å². The van der Waals surface area contributed by atoms with Crippen molar-refractivity contribution in [3.63, 3.8) is 0 Å². The second kappa shape index (κ2) is 11.6. The number of benzene rings is 2. The molecule has 2 heterocycles. The van der Waals surface area contributed by atoms with Gasteiger partial charge >= 0.3 is 0 Å². The molecule has 0 aliphatic carbocycles. The minimum absolute atomic E-state index is 0.189. The highest BCUT2D eigenvalue weighted by molar-refractivity contribution is 6.33. The van der Waals surface area contributed by atoms with Crippen molar-refractivity contribution in [1.29, 1.82) is 0 Å². The van der Waals surface area contributed by atoms with E-state index in [4.69, 9.17) is 11.6 Å². The van der Waals surface area contributed by atoms with Crippen molar-refractivity contribution in [2.75, 3.05) is 7.11 Å². The highest BCUT2D eigenvalue weighted by atomic mass is 35.5. The number of amides is 2. The monoisotopic (exact) mass is 505 g/mol. The zero-order valence-electron chi connectivity index (χ0n) is 19.3. The molecule has 0 bridgehead atoms. The molecule has 2 atom stereocenters. The number of aliphatic hydroxyl groups is 1. The van der Waals surface area contributed by atoms with Crippen LogP contribution in [0.3, 0.4) is 0 Å². The van der Waals surface area contributed by atoms with Gasteiger partial charge < -0.3 is 10.4 Å². The zero-order valence-corrected chi connectivity index (χ0v) is 20.1. The van der Waals surface area contributed by atoms with Gasteiger partial charge in [-0.1, -0.05) is 72.3 Å². The average Bonchev–Trinajstić information content (AvgIpc) is 3.30. The third kappa shape index (κ3) is 5.77. The van der Waals surface area contributed by atoms with E-state index in [0.29, 0.717) is 10.7 Å². The fraction of sp³-hybridized carbons (Fsp3) is 0.154. The molecule has 0 aliphatic rings. The molecule has 36 heavy (non-hydrogen) atoms. The maximum atomic E-state index is 13.4. The van der Waals surface area contributed by atoms with E-state index in [1.54, 1.807) is 18.3 Å². The lowest BCUT2D eigenvalue weighted by Crippen LogP contribution is -2.51. The van der Waals surface area contributed by atoms with Crippen molar-refractivity contribution in [3.8, 4) is 17.1 Å². The summed E-state index contributed by atoms with van der Waals surface area (Å²) in [4.78, 5) is 34.6. The minimum Gasteiger partial charge on any atom is -0.381 e. The summed E-state index contributed by atoms with van der Waals surface area (Å²) in [6.07, 6.45) is 1.74. The Bertz CT molecular complexity index is 1330. The number of halogens is 1. The number of aliphatic hydroxyl groups excluding tert-OH is 1. The Hall–Kier alpha value is -4.05. The molecule has 10 heteroatoms. The predicted molar refractivity (Wildman–Crippen MR) is 134 cm³/mol. The van der Waals surface area contributed by atoms with Crippen LogP contribution in [0.4, 0.5) is 0 Å². The van der Waals surface area contributed by atoms with Crippen molar-refractivity contribution >= 4 is 23.4 Å². The molecule has 3 N–H and O–H groups in total. The number of aromatic nitrogens is 3. The first-order chi connectivity index (χ1) is 17.5. The summed E-state index contributed by atoms with van der Waals surface area (Å²) in [6, 6.07) is 20.8. The molecule has 0 saturated heterocycles. The second-order valence-corrected chi connectivity index (χ2v) is 8.30. The van der Waals surface area contributed by atoms with Crippen LogP contribution in [0.2, 0.25) is 5.02 Å². The summed E-state index contributed by atoms with van der Waals surface area (Å²) in [7, 11) is 1.26. The smallest absolute Gasteiger partial charge is 0.274 e. The normalized spacial score (nSPS) is 12.5. The van der Waals surface area contributed by atoms with Gasteiger partial charge in [-0.25, -0.2) is 15.1 Å². The third-order valence-electron chi connectivity index (χ3n) is 5.43. The molecule has 4 rings (SSSR count). The number of rotatable bonds is 9. The third-order valence-corrected chi connectivity index (χ3v) is 5.71. The van der Waals surface area contributed by atoms with Gasteiger partial charge in [0.05, 0.1) is 29.9 Å². The highest BCUT2D eigenvalue weighted by Crippen LogP contribution is 2.27. The Morgan fingerprint density at radius 3 is 2.44 bits per heavy atom. The number of carbonyl (C=O) groups excluding carboxylic acids is 2. The van der Waals surface area contributed by atoms with Crippen molar-refractivity contribution in [3.05, 3.63) is 101 Å². The van der Waals surface area contributed by atoms with Crippen LogP contribution in [0.1, 0.15) is 15.9 Å². The van der Waals surface area contributed by atoms with Gasteiger partial charge in [-0.05, 0) is 24.1 Å². The molecule has 2 amide bonds. The molecule has 2 aromatic heterocycles. The van der Waals surface area contributed by atoms with Gasteiger partial charge in [0.25, 0.3) is 11.8 Å². The van der Waals surface area contributed by atoms with Gasteiger partial charge in [-0.15, -0.1) is 0 Å². The average molecular weight is 506 g/mol. The van der Waals surface area contributed by atoms with Crippen LogP contribution < -0.4 is 10.8 Å². The van der Waals surface area contributed by atoms with Crippen molar-refractivity contribution < 1.29 is 19.5 Å². The molecule has 4 aromatic rings. The topological polar surface area (TPSA) is 118 Å². The Morgan fingerprint density at radius 2 is 1.75 bits per heavy atom. The summed E-state index contributed by atoms with van der Waals surface area (Å²) in [5.41, 5.74) is 4.48. The van der Waals surface area contributed by atoms with Crippen molar-refractivity contribution in [2.24, 2.45) is 0 Å². The van der Waals surface area contributed by atoms with E-state index >= 15 is 0 Å². The maximum absolute atomic E-state index is 13.4. The Kier molecular flexibility index (Phi) is 8.06. The lowest BCUT2D eigenvalue weighted by Gasteiger charge is -2.24. The fourth-order valence-corrected chi connectivity index (χ4v) is 3.95. The predicted octanol–water partition coefficient (Wildman–Crippen LogP) is 2.97. The summed E-state index contributed by atoms with van der Waals surface area (Å²) >= 11 is 6.44. The molecule has 0 spiro atoms. The Labute approximate surface area is 212 Å². The highest BCUT2D eigenvalue weighted by Gasteiger charge is 2.29. The lowest BCUT2D eigenvalue weighted by atomic mass is 10.00. The first-order valence-electron chi connectivity index (χ1n) is 11.1. The van der Waals surface area contributed by atoms with Crippen molar-refractivity contribution in [1.82, 2.24) is 25.6 Å². The number of hydrogen-bond acceptors (Lipinski definition) is 6. The van der Waals surface area contributed by atoms with E-state index in [2.05, 4.69) is 25.7 Å². The zero-order chi connectivity index (χ0) is 25.5. The SMILES string of the molecule is CONC(=O)C(O)C(Cc1ccccc1)NC(=O)c1cccnc1-n1cc(Cl)c(-c2ccccc2)n1.